The van der Waals surface area contributed by atoms with Gasteiger partial charge in [0.05, 0.1) is 5.69 Å². The Labute approximate surface area is 190 Å². The van der Waals surface area contributed by atoms with Gasteiger partial charge < -0.3 is 9.64 Å². The van der Waals surface area contributed by atoms with Crippen LogP contribution in [0.25, 0.3) is 0 Å². The van der Waals surface area contributed by atoms with Crippen LogP contribution in [0.5, 0.6) is 11.5 Å². The van der Waals surface area contributed by atoms with Crippen LogP contribution in [-0.2, 0) is 0 Å². The molecule has 1 atom stereocenters. The van der Waals surface area contributed by atoms with Crippen molar-refractivity contribution in [3.63, 3.8) is 0 Å². The summed E-state index contributed by atoms with van der Waals surface area (Å²) in [6.07, 6.45) is 3.11. The Hall–Kier alpha value is -2.78. The van der Waals surface area contributed by atoms with Gasteiger partial charge in [0.1, 0.15) is 11.5 Å². The molecule has 3 aromatic carbocycles. The molecule has 0 saturated heterocycles. The van der Waals surface area contributed by atoms with Gasteiger partial charge in [-0.2, -0.15) is 0 Å². The van der Waals surface area contributed by atoms with Crippen molar-refractivity contribution in [1.82, 2.24) is 0 Å². The highest BCUT2D eigenvalue weighted by Crippen LogP contribution is 2.43. The number of aliphatic imine (C=N–C) groups is 1. The Bertz CT molecular complexity index is 1120. The smallest absolute Gasteiger partial charge is 0.128 e. The van der Waals surface area contributed by atoms with Gasteiger partial charge in [0.2, 0.25) is 0 Å². The second-order valence-corrected chi connectivity index (χ2v) is 9.49. The Balaban J connectivity index is 1.53. The summed E-state index contributed by atoms with van der Waals surface area (Å²) in [5.41, 5.74) is 6.20. The van der Waals surface area contributed by atoms with E-state index >= 15 is 0 Å². The predicted molar refractivity (Wildman–Crippen MR) is 132 cm³/mol. The van der Waals surface area contributed by atoms with Gasteiger partial charge in [0.15, 0.2) is 0 Å². The molecule has 0 fully saturated rings. The quantitative estimate of drug-likeness (QED) is 0.391. The average molecular weight is 433 g/mol. The third kappa shape index (κ3) is 4.62. The number of halogens is 1. The summed E-state index contributed by atoms with van der Waals surface area (Å²) < 4.78 is 5.86. The Morgan fingerprint density at radius 2 is 1.81 bits per heavy atom. The number of rotatable bonds is 4. The Morgan fingerprint density at radius 1 is 1.06 bits per heavy atom. The molecule has 0 aromatic heterocycles. The van der Waals surface area contributed by atoms with E-state index in [-0.39, 0.29) is 5.54 Å². The Kier molecular flexibility index (Phi) is 5.81. The first-order chi connectivity index (χ1) is 14.7. The van der Waals surface area contributed by atoms with Gasteiger partial charge in [-0.3, -0.25) is 4.99 Å². The van der Waals surface area contributed by atoms with E-state index in [2.05, 4.69) is 51.8 Å². The van der Waals surface area contributed by atoms with Crippen LogP contribution in [0, 0.1) is 6.92 Å². The van der Waals surface area contributed by atoms with Gasteiger partial charge in [-0.05, 0) is 104 Å². The summed E-state index contributed by atoms with van der Waals surface area (Å²) in [7, 11) is 2.20. The molecule has 0 radical (unpaired) electrons. The summed E-state index contributed by atoms with van der Waals surface area (Å²) >= 11 is 6.02. The van der Waals surface area contributed by atoms with Crippen LogP contribution in [0.2, 0.25) is 5.02 Å². The van der Waals surface area contributed by atoms with Gasteiger partial charge in [0.25, 0.3) is 0 Å². The van der Waals surface area contributed by atoms with Gasteiger partial charge in [-0.25, -0.2) is 0 Å². The van der Waals surface area contributed by atoms with Gasteiger partial charge in [-0.15, -0.1) is 0 Å². The normalized spacial score (nSPS) is 17.6. The van der Waals surface area contributed by atoms with E-state index in [4.69, 9.17) is 21.3 Å². The highest BCUT2D eigenvalue weighted by atomic mass is 35.5. The molecule has 1 heterocycles. The van der Waals surface area contributed by atoms with Crippen molar-refractivity contribution in [1.29, 1.82) is 0 Å². The maximum Gasteiger partial charge on any atom is 0.128 e. The summed E-state index contributed by atoms with van der Waals surface area (Å²) in [6.45, 7) is 9.11. The van der Waals surface area contributed by atoms with Crippen molar-refractivity contribution in [2.75, 3.05) is 11.9 Å². The Morgan fingerprint density at radius 3 is 2.52 bits per heavy atom. The van der Waals surface area contributed by atoms with Crippen LogP contribution in [0.1, 0.15) is 49.8 Å². The van der Waals surface area contributed by atoms with E-state index in [9.17, 15) is 0 Å². The van der Waals surface area contributed by atoms with Gasteiger partial charge in [-0.1, -0.05) is 24.6 Å². The lowest BCUT2D eigenvalue weighted by molar-refractivity contribution is 0.395. The molecule has 0 bridgehead atoms. The van der Waals surface area contributed by atoms with Gasteiger partial charge >= 0.3 is 0 Å². The fraction of sp³-hybridized carbons (Fsp3) is 0.296. The van der Waals surface area contributed by atoms with Crippen LogP contribution in [0.4, 0.5) is 11.4 Å². The minimum atomic E-state index is 0.170. The maximum absolute atomic E-state index is 6.02. The maximum atomic E-state index is 6.02. The molecule has 0 aliphatic carbocycles. The molecule has 3 aromatic rings. The minimum Gasteiger partial charge on any atom is -0.457 e. The second-order valence-electron chi connectivity index (χ2n) is 9.06. The highest BCUT2D eigenvalue weighted by molar-refractivity contribution is 6.30. The van der Waals surface area contributed by atoms with Gasteiger partial charge in [0, 0.05) is 29.5 Å². The number of anilines is 1. The predicted octanol–water partition coefficient (Wildman–Crippen LogP) is 7.91. The van der Waals surface area contributed by atoms with E-state index in [1.54, 1.807) is 6.07 Å². The standard InChI is InChI=1S/C27H29ClN2O/c1-18-13-26-25(19(2)16-27(3,4)30(26)5)14-20(18)17-29-22-9-11-23(12-10-22)31-24-8-6-7-21(28)15-24/h6-15,17,19H,16H2,1-5H3. The van der Waals surface area contributed by atoms with Crippen LogP contribution < -0.4 is 9.64 Å². The van der Waals surface area contributed by atoms with Crippen molar-refractivity contribution in [3.05, 3.63) is 82.4 Å². The molecule has 0 N–H and O–H groups in total. The molecule has 160 valence electrons. The van der Waals surface area contributed by atoms with Crippen molar-refractivity contribution in [2.24, 2.45) is 4.99 Å². The molecule has 31 heavy (non-hydrogen) atoms. The molecule has 4 rings (SSSR count). The minimum absolute atomic E-state index is 0.170. The molecular formula is C27H29ClN2O. The van der Waals surface area contributed by atoms with E-state index in [0.29, 0.717) is 10.9 Å². The number of hydrogen-bond acceptors (Lipinski definition) is 3. The van der Waals surface area contributed by atoms with Crippen molar-refractivity contribution < 1.29 is 4.74 Å². The van der Waals surface area contributed by atoms with Crippen molar-refractivity contribution in [3.8, 4) is 11.5 Å². The number of aryl methyl sites for hydroxylation is 1. The monoisotopic (exact) mass is 432 g/mol. The summed E-state index contributed by atoms with van der Waals surface area (Å²) in [5.74, 6) is 2.00. The van der Waals surface area contributed by atoms with E-state index in [1.165, 1.54) is 16.8 Å². The third-order valence-electron chi connectivity index (χ3n) is 6.24. The SMILES string of the molecule is Cc1cc2c(cc1C=Nc1ccc(Oc3cccc(Cl)c3)cc1)C(C)CC(C)(C)N2C. The lowest BCUT2D eigenvalue weighted by Crippen LogP contribution is -2.45. The van der Waals surface area contributed by atoms with Crippen LogP contribution >= 0.6 is 11.6 Å². The zero-order valence-corrected chi connectivity index (χ0v) is 19.6. The molecule has 3 nitrogen and oxygen atoms in total. The van der Waals surface area contributed by atoms with Crippen LogP contribution in [0.3, 0.4) is 0 Å². The van der Waals surface area contributed by atoms with Crippen LogP contribution in [0.15, 0.2) is 65.7 Å². The largest absolute Gasteiger partial charge is 0.457 e. The van der Waals surface area contributed by atoms with E-state index in [0.717, 1.165) is 29.2 Å². The number of hydrogen-bond donors (Lipinski definition) is 0. The zero-order chi connectivity index (χ0) is 22.2. The van der Waals surface area contributed by atoms with E-state index < -0.39 is 0 Å². The summed E-state index contributed by atoms with van der Waals surface area (Å²) in [6, 6.07) is 19.8. The summed E-state index contributed by atoms with van der Waals surface area (Å²) in [4.78, 5) is 7.12. The molecule has 0 spiro atoms. The lowest BCUT2D eigenvalue weighted by atomic mass is 9.79. The highest BCUT2D eigenvalue weighted by Gasteiger charge is 2.34. The molecule has 4 heteroatoms. The molecule has 0 amide bonds. The first-order valence-electron chi connectivity index (χ1n) is 10.7. The second kappa shape index (κ2) is 8.39. The first-order valence-corrected chi connectivity index (χ1v) is 11.1. The zero-order valence-electron chi connectivity index (χ0n) is 18.8. The summed E-state index contributed by atoms with van der Waals surface area (Å²) in [5, 5.41) is 0.656. The lowest BCUT2D eigenvalue weighted by Gasteiger charge is -2.45. The number of ether oxygens (including phenoxy) is 1. The van der Waals surface area contributed by atoms with Crippen LogP contribution in [-0.4, -0.2) is 18.8 Å². The molecule has 1 unspecified atom stereocenters. The fourth-order valence-electron chi connectivity index (χ4n) is 4.28. The topological polar surface area (TPSA) is 24.8 Å². The molecular weight excluding hydrogens is 404 g/mol. The van der Waals surface area contributed by atoms with Crippen molar-refractivity contribution >= 4 is 29.2 Å². The third-order valence-corrected chi connectivity index (χ3v) is 6.48. The number of benzene rings is 3. The molecule has 1 aliphatic heterocycles. The number of nitrogens with zero attached hydrogens (tertiary/aromatic N) is 2. The molecule has 1 aliphatic rings. The number of fused-ring (bicyclic) bond motifs is 1. The van der Waals surface area contributed by atoms with E-state index in [1.807, 2.05) is 48.7 Å². The average Bonchev–Trinajstić information content (AvgIpc) is 2.72. The molecule has 0 saturated carbocycles. The fourth-order valence-corrected chi connectivity index (χ4v) is 4.46. The first kappa shape index (κ1) is 21.5. The van der Waals surface area contributed by atoms with Crippen molar-refractivity contribution in [2.45, 2.75) is 45.6 Å².